The lowest BCUT2D eigenvalue weighted by molar-refractivity contribution is -0.124. The number of aromatic nitrogens is 1. The predicted molar refractivity (Wildman–Crippen MR) is 90.0 cm³/mol. The van der Waals surface area contributed by atoms with Crippen molar-refractivity contribution in [2.45, 2.75) is 19.8 Å². The summed E-state index contributed by atoms with van der Waals surface area (Å²) in [6.45, 7) is 3.38. The van der Waals surface area contributed by atoms with Crippen LogP contribution >= 0.6 is 12.4 Å². The topological polar surface area (TPSA) is 56.9 Å². The van der Waals surface area contributed by atoms with Gasteiger partial charge in [0.25, 0.3) is 0 Å². The van der Waals surface area contributed by atoms with Gasteiger partial charge in [0.1, 0.15) is 0 Å². The second kappa shape index (κ2) is 8.70. The number of para-hydroxylation sites is 1. The highest BCUT2D eigenvalue weighted by molar-refractivity contribution is 5.85. The molecule has 1 heterocycles. The van der Waals surface area contributed by atoms with Crippen LogP contribution in [0, 0.1) is 5.92 Å². The highest BCUT2D eigenvalue weighted by Crippen LogP contribution is 2.18. The first-order valence-electron chi connectivity index (χ1n) is 7.19. The normalized spacial score (nSPS) is 11.9. The van der Waals surface area contributed by atoms with Crippen LogP contribution < -0.4 is 10.6 Å². The van der Waals surface area contributed by atoms with E-state index in [1.165, 1.54) is 16.5 Å². The zero-order valence-corrected chi connectivity index (χ0v) is 13.4. The fraction of sp³-hybridized carbons (Fsp3) is 0.438. The third-order valence-corrected chi connectivity index (χ3v) is 3.55. The van der Waals surface area contributed by atoms with Crippen LogP contribution in [0.25, 0.3) is 10.9 Å². The Morgan fingerprint density at radius 1 is 1.33 bits per heavy atom. The molecular formula is C16H24ClN3O. The number of halogens is 1. The average molecular weight is 310 g/mol. The van der Waals surface area contributed by atoms with Crippen LogP contribution in [0.1, 0.15) is 18.9 Å². The van der Waals surface area contributed by atoms with Crippen molar-refractivity contribution in [3.63, 3.8) is 0 Å². The maximum atomic E-state index is 11.7. The summed E-state index contributed by atoms with van der Waals surface area (Å²) < 4.78 is 0. The number of aryl methyl sites for hydroxylation is 1. The molecule has 1 aromatic heterocycles. The summed E-state index contributed by atoms with van der Waals surface area (Å²) in [4.78, 5) is 15.0. The lowest BCUT2D eigenvalue weighted by Crippen LogP contribution is -2.34. The summed E-state index contributed by atoms with van der Waals surface area (Å²) in [7, 11) is 1.86. The molecule has 4 nitrogen and oxygen atoms in total. The standard InChI is InChI=1S/C16H23N3O.ClH/c1-12(10-17-2)16(20)18-9-5-6-13-11-19-15-8-4-3-7-14(13)15;/h3-4,7-8,11-12,17,19H,5-6,9-10H2,1-2H3,(H,18,20);1H. The Balaban J connectivity index is 0.00000220. The number of hydrogen-bond acceptors (Lipinski definition) is 2. The summed E-state index contributed by atoms with van der Waals surface area (Å²) in [5.74, 6) is 0.145. The summed E-state index contributed by atoms with van der Waals surface area (Å²) in [5.41, 5.74) is 2.49. The first-order valence-corrected chi connectivity index (χ1v) is 7.19. The van der Waals surface area contributed by atoms with Gasteiger partial charge >= 0.3 is 0 Å². The number of amides is 1. The number of fused-ring (bicyclic) bond motifs is 1. The zero-order valence-electron chi connectivity index (χ0n) is 12.6. The summed E-state index contributed by atoms with van der Waals surface area (Å²) in [5, 5.41) is 7.28. The van der Waals surface area contributed by atoms with Gasteiger partial charge in [-0.2, -0.15) is 0 Å². The van der Waals surface area contributed by atoms with Crippen molar-refractivity contribution in [2.75, 3.05) is 20.1 Å². The Kier molecular flexibility index (Phi) is 7.26. The number of H-pyrrole nitrogens is 1. The Bertz CT molecular complexity index is 567. The molecule has 0 fully saturated rings. The molecule has 21 heavy (non-hydrogen) atoms. The fourth-order valence-electron chi connectivity index (χ4n) is 2.40. The second-order valence-corrected chi connectivity index (χ2v) is 5.21. The molecule has 0 spiro atoms. The number of rotatable bonds is 7. The molecule has 116 valence electrons. The van der Waals surface area contributed by atoms with E-state index >= 15 is 0 Å². The van der Waals surface area contributed by atoms with Crippen LogP contribution in [0.15, 0.2) is 30.5 Å². The molecule has 1 amide bonds. The van der Waals surface area contributed by atoms with Crippen molar-refractivity contribution in [3.05, 3.63) is 36.0 Å². The molecule has 1 aromatic carbocycles. The van der Waals surface area contributed by atoms with E-state index < -0.39 is 0 Å². The van der Waals surface area contributed by atoms with E-state index in [2.05, 4.69) is 40.0 Å². The lowest BCUT2D eigenvalue weighted by atomic mass is 10.1. The summed E-state index contributed by atoms with van der Waals surface area (Å²) >= 11 is 0. The molecule has 2 aromatic rings. The monoisotopic (exact) mass is 309 g/mol. The van der Waals surface area contributed by atoms with Crippen LogP contribution in [-0.2, 0) is 11.2 Å². The molecule has 0 radical (unpaired) electrons. The van der Waals surface area contributed by atoms with E-state index in [-0.39, 0.29) is 24.2 Å². The molecule has 1 unspecified atom stereocenters. The molecule has 0 bridgehead atoms. The van der Waals surface area contributed by atoms with Crippen LogP contribution in [0.2, 0.25) is 0 Å². The van der Waals surface area contributed by atoms with E-state index in [4.69, 9.17) is 0 Å². The van der Waals surface area contributed by atoms with Crippen molar-refractivity contribution < 1.29 is 4.79 Å². The molecule has 3 N–H and O–H groups in total. The van der Waals surface area contributed by atoms with Gasteiger partial charge < -0.3 is 15.6 Å². The molecular weight excluding hydrogens is 286 g/mol. The summed E-state index contributed by atoms with van der Waals surface area (Å²) in [6.07, 6.45) is 4.00. The van der Waals surface area contributed by atoms with Crippen molar-refractivity contribution in [1.82, 2.24) is 15.6 Å². The van der Waals surface area contributed by atoms with Gasteiger partial charge in [0.2, 0.25) is 5.91 Å². The van der Waals surface area contributed by atoms with Crippen molar-refractivity contribution in [3.8, 4) is 0 Å². The first-order chi connectivity index (χ1) is 9.72. The molecule has 1 atom stereocenters. The third kappa shape index (κ3) is 4.76. The largest absolute Gasteiger partial charge is 0.361 e. The maximum absolute atomic E-state index is 11.7. The van der Waals surface area contributed by atoms with Gasteiger partial charge in [0.15, 0.2) is 0 Å². The quantitative estimate of drug-likeness (QED) is 0.688. The summed E-state index contributed by atoms with van der Waals surface area (Å²) in [6, 6.07) is 8.31. The van der Waals surface area contributed by atoms with Gasteiger partial charge in [-0.3, -0.25) is 4.79 Å². The van der Waals surface area contributed by atoms with E-state index in [9.17, 15) is 4.79 Å². The van der Waals surface area contributed by atoms with Gasteiger partial charge in [0, 0.05) is 36.1 Å². The molecule has 0 saturated heterocycles. The number of nitrogens with one attached hydrogen (secondary N) is 3. The van der Waals surface area contributed by atoms with E-state index in [0.717, 1.165) is 19.4 Å². The van der Waals surface area contributed by atoms with Crippen LogP contribution in [0.5, 0.6) is 0 Å². The predicted octanol–water partition coefficient (Wildman–Crippen LogP) is 2.49. The maximum Gasteiger partial charge on any atom is 0.224 e. The smallest absolute Gasteiger partial charge is 0.224 e. The highest BCUT2D eigenvalue weighted by atomic mass is 35.5. The minimum Gasteiger partial charge on any atom is -0.361 e. The number of carbonyl (C=O) groups is 1. The molecule has 0 aliphatic heterocycles. The van der Waals surface area contributed by atoms with Gasteiger partial charge in [-0.05, 0) is 31.5 Å². The van der Waals surface area contributed by atoms with Crippen molar-refractivity contribution in [2.24, 2.45) is 5.92 Å². The van der Waals surface area contributed by atoms with Crippen LogP contribution in [-0.4, -0.2) is 31.0 Å². The van der Waals surface area contributed by atoms with E-state index in [1.54, 1.807) is 0 Å². The van der Waals surface area contributed by atoms with Gasteiger partial charge in [-0.1, -0.05) is 25.1 Å². The van der Waals surface area contributed by atoms with Crippen LogP contribution in [0.4, 0.5) is 0 Å². The Labute approximate surface area is 132 Å². The Morgan fingerprint density at radius 2 is 2.10 bits per heavy atom. The van der Waals surface area contributed by atoms with E-state index in [1.807, 2.05) is 20.0 Å². The Morgan fingerprint density at radius 3 is 2.86 bits per heavy atom. The average Bonchev–Trinajstić information content (AvgIpc) is 2.87. The van der Waals surface area contributed by atoms with E-state index in [0.29, 0.717) is 6.54 Å². The number of carbonyl (C=O) groups excluding carboxylic acids is 1. The molecule has 5 heteroatoms. The minimum atomic E-state index is 0. The van der Waals surface area contributed by atoms with Crippen molar-refractivity contribution in [1.29, 1.82) is 0 Å². The minimum absolute atomic E-state index is 0. The second-order valence-electron chi connectivity index (χ2n) is 5.21. The third-order valence-electron chi connectivity index (χ3n) is 3.55. The highest BCUT2D eigenvalue weighted by Gasteiger charge is 2.10. The SMILES string of the molecule is CNCC(C)C(=O)NCCCc1c[nH]c2ccccc12.Cl. The molecule has 0 aliphatic carbocycles. The van der Waals surface area contributed by atoms with Gasteiger partial charge in [-0.15, -0.1) is 12.4 Å². The van der Waals surface area contributed by atoms with Gasteiger partial charge in [-0.25, -0.2) is 0 Å². The molecule has 0 saturated carbocycles. The first kappa shape index (κ1) is 17.5. The van der Waals surface area contributed by atoms with Crippen molar-refractivity contribution >= 4 is 29.2 Å². The fourth-order valence-corrected chi connectivity index (χ4v) is 2.40. The lowest BCUT2D eigenvalue weighted by Gasteiger charge is -2.11. The van der Waals surface area contributed by atoms with Crippen LogP contribution in [0.3, 0.4) is 0 Å². The number of aromatic amines is 1. The zero-order chi connectivity index (χ0) is 14.4. The Hall–Kier alpha value is -1.52. The molecule has 0 aliphatic rings. The van der Waals surface area contributed by atoms with Gasteiger partial charge in [0.05, 0.1) is 0 Å². The number of benzene rings is 1. The molecule has 2 rings (SSSR count). The number of hydrogen-bond donors (Lipinski definition) is 3.